The first-order valence-electron chi connectivity index (χ1n) is 6.79. The van der Waals surface area contributed by atoms with Crippen molar-refractivity contribution in [3.63, 3.8) is 0 Å². The van der Waals surface area contributed by atoms with Crippen molar-refractivity contribution < 1.29 is 0 Å². The van der Waals surface area contributed by atoms with Gasteiger partial charge in [-0.15, -0.1) is 11.3 Å². The highest BCUT2D eigenvalue weighted by molar-refractivity contribution is 7.09. The molecule has 0 amide bonds. The molecule has 3 rings (SSSR count). The highest BCUT2D eigenvalue weighted by Gasteiger charge is 2.04. The summed E-state index contributed by atoms with van der Waals surface area (Å²) in [4.78, 5) is 13.2. The summed E-state index contributed by atoms with van der Waals surface area (Å²) in [6, 6.07) is 10.2. The molecule has 2 heterocycles. The van der Waals surface area contributed by atoms with Crippen molar-refractivity contribution in [1.29, 1.82) is 0 Å². The standard InChI is InChI=1S/C16H16N4S/c1-12-7-19-14(9-18-12)8-17-10-16-20-15(11-21-16)13-5-3-2-4-6-13/h2-7,9,11,17H,8,10H2,1H3. The molecule has 1 aromatic carbocycles. The molecule has 0 aliphatic heterocycles. The van der Waals surface area contributed by atoms with Crippen LogP contribution in [0.1, 0.15) is 16.4 Å². The zero-order chi connectivity index (χ0) is 14.5. The molecule has 5 heteroatoms. The summed E-state index contributed by atoms with van der Waals surface area (Å²) >= 11 is 1.67. The Morgan fingerprint density at radius 2 is 1.90 bits per heavy atom. The second-order valence-electron chi connectivity index (χ2n) is 4.75. The molecule has 106 valence electrons. The zero-order valence-electron chi connectivity index (χ0n) is 11.8. The number of rotatable bonds is 5. The average Bonchev–Trinajstić information content (AvgIpc) is 2.99. The predicted molar refractivity (Wildman–Crippen MR) is 84.9 cm³/mol. The number of benzene rings is 1. The van der Waals surface area contributed by atoms with E-state index in [-0.39, 0.29) is 0 Å². The molecule has 4 nitrogen and oxygen atoms in total. The molecular formula is C16H16N4S. The molecule has 0 saturated heterocycles. The highest BCUT2D eigenvalue weighted by atomic mass is 32.1. The maximum Gasteiger partial charge on any atom is 0.107 e. The Balaban J connectivity index is 1.57. The minimum absolute atomic E-state index is 0.702. The number of aromatic nitrogens is 3. The molecule has 2 aromatic heterocycles. The van der Waals surface area contributed by atoms with Gasteiger partial charge in [-0.2, -0.15) is 0 Å². The zero-order valence-corrected chi connectivity index (χ0v) is 12.6. The van der Waals surface area contributed by atoms with Crippen LogP contribution in [0, 0.1) is 6.92 Å². The van der Waals surface area contributed by atoms with Crippen molar-refractivity contribution in [2.45, 2.75) is 20.0 Å². The van der Waals surface area contributed by atoms with E-state index >= 15 is 0 Å². The van der Waals surface area contributed by atoms with E-state index in [0.717, 1.165) is 34.2 Å². The van der Waals surface area contributed by atoms with Crippen molar-refractivity contribution in [3.8, 4) is 11.3 Å². The minimum atomic E-state index is 0.702. The summed E-state index contributed by atoms with van der Waals surface area (Å²) < 4.78 is 0. The molecule has 1 N–H and O–H groups in total. The number of nitrogens with one attached hydrogen (secondary N) is 1. The van der Waals surface area contributed by atoms with E-state index in [2.05, 4.69) is 37.8 Å². The van der Waals surface area contributed by atoms with Crippen molar-refractivity contribution in [2.24, 2.45) is 0 Å². The maximum atomic E-state index is 4.65. The van der Waals surface area contributed by atoms with Crippen molar-refractivity contribution in [3.05, 3.63) is 64.5 Å². The lowest BCUT2D eigenvalue weighted by atomic mass is 10.2. The highest BCUT2D eigenvalue weighted by Crippen LogP contribution is 2.21. The van der Waals surface area contributed by atoms with Gasteiger partial charge in [-0.1, -0.05) is 30.3 Å². The fourth-order valence-corrected chi connectivity index (χ4v) is 2.71. The summed E-state index contributed by atoms with van der Waals surface area (Å²) in [6.07, 6.45) is 3.59. The van der Waals surface area contributed by atoms with E-state index in [1.165, 1.54) is 0 Å². The second-order valence-corrected chi connectivity index (χ2v) is 5.69. The fourth-order valence-electron chi connectivity index (χ4n) is 1.94. The molecule has 0 aliphatic carbocycles. The van der Waals surface area contributed by atoms with Crippen LogP contribution in [-0.4, -0.2) is 15.0 Å². The molecule has 0 aliphatic rings. The van der Waals surface area contributed by atoms with Gasteiger partial charge in [0, 0.05) is 36.4 Å². The van der Waals surface area contributed by atoms with E-state index in [4.69, 9.17) is 0 Å². The molecule has 0 bridgehead atoms. The van der Waals surface area contributed by atoms with Crippen LogP contribution in [0.5, 0.6) is 0 Å². The van der Waals surface area contributed by atoms with Gasteiger partial charge >= 0.3 is 0 Å². The second kappa shape index (κ2) is 6.56. The van der Waals surface area contributed by atoms with Crippen molar-refractivity contribution in [2.75, 3.05) is 0 Å². The molecule has 21 heavy (non-hydrogen) atoms. The first-order chi connectivity index (χ1) is 10.3. The van der Waals surface area contributed by atoms with Crippen LogP contribution >= 0.6 is 11.3 Å². The number of nitrogens with zero attached hydrogens (tertiary/aromatic N) is 3. The Kier molecular flexibility index (Phi) is 4.33. The summed E-state index contributed by atoms with van der Waals surface area (Å²) in [6.45, 7) is 3.38. The van der Waals surface area contributed by atoms with Crippen LogP contribution in [0.25, 0.3) is 11.3 Å². The first-order valence-corrected chi connectivity index (χ1v) is 7.67. The van der Waals surface area contributed by atoms with Crippen LogP contribution < -0.4 is 5.32 Å². The Hall–Kier alpha value is -2.11. The summed E-state index contributed by atoms with van der Waals surface area (Å²) in [7, 11) is 0. The maximum absolute atomic E-state index is 4.65. The van der Waals surface area contributed by atoms with Gasteiger partial charge in [-0.25, -0.2) is 4.98 Å². The van der Waals surface area contributed by atoms with Crippen LogP contribution in [0.4, 0.5) is 0 Å². The van der Waals surface area contributed by atoms with Gasteiger partial charge in [0.05, 0.1) is 17.1 Å². The quantitative estimate of drug-likeness (QED) is 0.785. The third-order valence-electron chi connectivity index (χ3n) is 3.04. The van der Waals surface area contributed by atoms with Crippen LogP contribution in [0.3, 0.4) is 0 Å². The Labute approximate surface area is 127 Å². The molecule has 3 aromatic rings. The van der Waals surface area contributed by atoms with Gasteiger partial charge in [0.1, 0.15) is 5.01 Å². The van der Waals surface area contributed by atoms with Gasteiger partial charge in [-0.05, 0) is 6.92 Å². The minimum Gasteiger partial charge on any atom is -0.305 e. The number of thiazole rings is 1. The molecule has 0 saturated carbocycles. The van der Waals surface area contributed by atoms with E-state index in [1.807, 2.05) is 25.1 Å². The monoisotopic (exact) mass is 296 g/mol. The molecule has 0 radical (unpaired) electrons. The number of hydrogen-bond donors (Lipinski definition) is 1. The van der Waals surface area contributed by atoms with Gasteiger partial charge in [0.2, 0.25) is 0 Å². The molecule has 0 unspecified atom stereocenters. The predicted octanol–water partition coefficient (Wildman–Crippen LogP) is 3.20. The largest absolute Gasteiger partial charge is 0.305 e. The van der Waals surface area contributed by atoms with Crippen LogP contribution in [0.2, 0.25) is 0 Å². The summed E-state index contributed by atoms with van der Waals surface area (Å²) in [5.74, 6) is 0. The third kappa shape index (κ3) is 3.71. The molecule has 0 fully saturated rings. The lowest BCUT2D eigenvalue weighted by molar-refractivity contribution is 0.673. The van der Waals surface area contributed by atoms with E-state index in [0.29, 0.717) is 6.54 Å². The Bertz CT molecular complexity index is 692. The smallest absolute Gasteiger partial charge is 0.107 e. The van der Waals surface area contributed by atoms with Gasteiger partial charge in [-0.3, -0.25) is 9.97 Å². The van der Waals surface area contributed by atoms with Crippen LogP contribution in [-0.2, 0) is 13.1 Å². The van der Waals surface area contributed by atoms with Gasteiger partial charge in [0.25, 0.3) is 0 Å². The van der Waals surface area contributed by atoms with E-state index < -0.39 is 0 Å². The molecular weight excluding hydrogens is 280 g/mol. The van der Waals surface area contributed by atoms with E-state index in [9.17, 15) is 0 Å². The Morgan fingerprint density at radius 3 is 2.67 bits per heavy atom. The SMILES string of the molecule is Cc1cnc(CNCc2nc(-c3ccccc3)cs2)cn1. The third-order valence-corrected chi connectivity index (χ3v) is 3.89. The number of hydrogen-bond acceptors (Lipinski definition) is 5. The van der Waals surface area contributed by atoms with E-state index in [1.54, 1.807) is 23.7 Å². The topological polar surface area (TPSA) is 50.7 Å². The fraction of sp³-hybridized carbons (Fsp3) is 0.188. The summed E-state index contributed by atoms with van der Waals surface area (Å²) in [5.41, 5.74) is 4.07. The lowest BCUT2D eigenvalue weighted by Gasteiger charge is -2.02. The molecule has 0 spiro atoms. The molecule has 0 atom stereocenters. The lowest BCUT2D eigenvalue weighted by Crippen LogP contribution is -2.13. The Morgan fingerprint density at radius 1 is 1.05 bits per heavy atom. The van der Waals surface area contributed by atoms with Gasteiger partial charge in [0.15, 0.2) is 0 Å². The first kappa shape index (κ1) is 13.9. The van der Waals surface area contributed by atoms with Gasteiger partial charge < -0.3 is 5.32 Å². The van der Waals surface area contributed by atoms with Crippen molar-refractivity contribution >= 4 is 11.3 Å². The van der Waals surface area contributed by atoms with Crippen LogP contribution in [0.15, 0.2) is 48.1 Å². The summed E-state index contributed by atoms with van der Waals surface area (Å²) in [5, 5.41) is 6.52. The average molecular weight is 296 g/mol. The van der Waals surface area contributed by atoms with Crippen molar-refractivity contribution in [1.82, 2.24) is 20.3 Å². The number of aryl methyl sites for hydroxylation is 1. The normalized spacial score (nSPS) is 10.7.